The summed E-state index contributed by atoms with van der Waals surface area (Å²) in [6, 6.07) is 7.06. The summed E-state index contributed by atoms with van der Waals surface area (Å²) in [7, 11) is 1.19. The van der Waals surface area contributed by atoms with Crippen LogP contribution >= 0.6 is 0 Å². The van der Waals surface area contributed by atoms with E-state index in [1.165, 1.54) is 43.5 Å². The maximum Gasteiger partial charge on any atom is 0.328 e. The summed E-state index contributed by atoms with van der Waals surface area (Å²) in [5.74, 6) is -2.43. The van der Waals surface area contributed by atoms with Crippen LogP contribution in [0.4, 0.5) is 0 Å². The summed E-state index contributed by atoms with van der Waals surface area (Å²) in [5.41, 5.74) is 0.960. The zero-order valence-corrected chi connectivity index (χ0v) is 14.0. The van der Waals surface area contributed by atoms with E-state index in [0.29, 0.717) is 11.1 Å². The number of hydrogen-bond donors (Lipinski definition) is 5. The second-order valence-corrected chi connectivity index (χ2v) is 5.67. The number of phenolic OH excluding ortho intramolecular Hbond substituents is 4. The number of amides is 1. The number of phenols is 4. The van der Waals surface area contributed by atoms with Crippen molar-refractivity contribution in [1.29, 1.82) is 0 Å². The molecule has 0 bridgehead atoms. The molecule has 2 aromatic rings. The maximum absolute atomic E-state index is 12.2. The average Bonchev–Trinajstić information content (AvgIpc) is 2.60. The predicted molar refractivity (Wildman–Crippen MR) is 90.9 cm³/mol. The van der Waals surface area contributed by atoms with Gasteiger partial charge in [0.1, 0.15) is 6.04 Å². The molecule has 8 nitrogen and oxygen atoms in total. The predicted octanol–water partition coefficient (Wildman–Crippen LogP) is 0.952. The van der Waals surface area contributed by atoms with E-state index >= 15 is 0 Å². The highest BCUT2D eigenvalue weighted by Gasteiger charge is 2.22. The van der Waals surface area contributed by atoms with Gasteiger partial charge in [-0.25, -0.2) is 4.79 Å². The van der Waals surface area contributed by atoms with E-state index in [0.717, 1.165) is 0 Å². The summed E-state index contributed by atoms with van der Waals surface area (Å²) in [6.45, 7) is 0. The zero-order chi connectivity index (χ0) is 19.3. The minimum absolute atomic E-state index is 0.0487. The largest absolute Gasteiger partial charge is 0.504 e. The fourth-order valence-corrected chi connectivity index (χ4v) is 2.38. The monoisotopic (exact) mass is 361 g/mol. The third-order valence-electron chi connectivity index (χ3n) is 3.71. The molecular weight excluding hydrogens is 342 g/mol. The van der Waals surface area contributed by atoms with Gasteiger partial charge in [-0.1, -0.05) is 12.1 Å². The summed E-state index contributed by atoms with van der Waals surface area (Å²) >= 11 is 0. The first-order valence-electron chi connectivity index (χ1n) is 7.69. The van der Waals surface area contributed by atoms with Gasteiger partial charge in [0.05, 0.1) is 13.5 Å². The van der Waals surface area contributed by atoms with E-state index in [1.54, 1.807) is 0 Å². The lowest BCUT2D eigenvalue weighted by Crippen LogP contribution is -2.43. The highest BCUT2D eigenvalue weighted by atomic mass is 16.5. The minimum atomic E-state index is -0.998. The molecule has 0 aliphatic heterocycles. The van der Waals surface area contributed by atoms with Crippen molar-refractivity contribution in [3.63, 3.8) is 0 Å². The van der Waals surface area contributed by atoms with Crippen molar-refractivity contribution in [3.8, 4) is 23.0 Å². The lowest BCUT2D eigenvalue weighted by Gasteiger charge is -2.17. The standard InChI is InChI=1S/C18H19NO7/c1-26-18(25)12(6-10-2-4-13(20)15(22)7-10)19-17(24)9-11-3-5-14(21)16(23)8-11/h2-5,7-8,12,20-23H,6,9H2,1H3,(H,19,24). The number of carbonyl (C=O) groups is 2. The number of hydrogen-bond acceptors (Lipinski definition) is 7. The molecule has 0 aliphatic carbocycles. The van der Waals surface area contributed by atoms with Crippen LogP contribution in [0, 0.1) is 0 Å². The van der Waals surface area contributed by atoms with Crippen LogP contribution in [0.2, 0.25) is 0 Å². The molecule has 2 aromatic carbocycles. The molecule has 1 unspecified atom stereocenters. The number of esters is 1. The summed E-state index contributed by atoms with van der Waals surface area (Å²) in [6.07, 6.45) is -0.0742. The van der Waals surface area contributed by atoms with Crippen molar-refractivity contribution in [3.05, 3.63) is 47.5 Å². The SMILES string of the molecule is COC(=O)C(Cc1ccc(O)c(O)c1)NC(=O)Cc1ccc(O)c(O)c1. The molecule has 0 aliphatic rings. The summed E-state index contributed by atoms with van der Waals surface area (Å²) < 4.78 is 4.69. The smallest absolute Gasteiger partial charge is 0.328 e. The average molecular weight is 361 g/mol. The zero-order valence-electron chi connectivity index (χ0n) is 14.0. The normalized spacial score (nSPS) is 11.6. The molecule has 2 rings (SSSR count). The van der Waals surface area contributed by atoms with Gasteiger partial charge in [0.25, 0.3) is 0 Å². The molecule has 0 heterocycles. The molecule has 0 saturated carbocycles. The van der Waals surface area contributed by atoms with Gasteiger partial charge in [0.2, 0.25) is 5.91 Å². The fourth-order valence-electron chi connectivity index (χ4n) is 2.38. The van der Waals surface area contributed by atoms with Crippen LogP contribution in [-0.2, 0) is 27.2 Å². The Hall–Kier alpha value is -3.42. The van der Waals surface area contributed by atoms with Gasteiger partial charge in [-0.2, -0.15) is 0 Å². The van der Waals surface area contributed by atoms with E-state index < -0.39 is 17.9 Å². The Kier molecular flexibility index (Phi) is 5.90. The molecule has 1 atom stereocenters. The van der Waals surface area contributed by atoms with Crippen molar-refractivity contribution < 1.29 is 34.8 Å². The Morgan fingerprint density at radius 2 is 1.46 bits per heavy atom. The highest BCUT2D eigenvalue weighted by molar-refractivity contribution is 5.86. The number of carbonyl (C=O) groups excluding carboxylic acids is 2. The molecule has 0 aromatic heterocycles. The molecule has 0 saturated heterocycles. The van der Waals surface area contributed by atoms with Crippen molar-refractivity contribution in [2.75, 3.05) is 7.11 Å². The molecule has 0 spiro atoms. The maximum atomic E-state index is 12.2. The fraction of sp³-hybridized carbons (Fsp3) is 0.222. The lowest BCUT2D eigenvalue weighted by atomic mass is 10.0. The first kappa shape index (κ1) is 18.9. The van der Waals surface area contributed by atoms with Gasteiger partial charge in [-0.3, -0.25) is 4.79 Å². The van der Waals surface area contributed by atoms with Gasteiger partial charge < -0.3 is 30.5 Å². The number of ether oxygens (including phenoxy) is 1. The van der Waals surface area contributed by atoms with Gasteiger partial charge in [0, 0.05) is 6.42 Å². The Bertz CT molecular complexity index is 819. The molecule has 0 fully saturated rings. The molecule has 26 heavy (non-hydrogen) atoms. The Labute approximate surface area is 149 Å². The minimum Gasteiger partial charge on any atom is -0.504 e. The van der Waals surface area contributed by atoms with Gasteiger partial charge in [-0.15, -0.1) is 0 Å². The van der Waals surface area contributed by atoms with E-state index in [-0.39, 0.29) is 35.8 Å². The van der Waals surface area contributed by atoms with Crippen molar-refractivity contribution in [2.45, 2.75) is 18.9 Å². The topological polar surface area (TPSA) is 136 Å². The summed E-state index contributed by atoms with van der Waals surface area (Å²) in [4.78, 5) is 24.1. The Morgan fingerprint density at radius 3 is 2.00 bits per heavy atom. The number of rotatable bonds is 6. The number of benzene rings is 2. The quantitative estimate of drug-likeness (QED) is 0.382. The third kappa shape index (κ3) is 4.79. The molecule has 138 valence electrons. The third-order valence-corrected chi connectivity index (χ3v) is 3.71. The molecular formula is C18H19NO7. The first-order chi connectivity index (χ1) is 12.3. The number of aromatic hydroxyl groups is 4. The van der Waals surface area contributed by atoms with Gasteiger partial charge >= 0.3 is 5.97 Å². The molecule has 5 N–H and O–H groups in total. The van der Waals surface area contributed by atoms with Crippen molar-refractivity contribution in [1.82, 2.24) is 5.32 Å². The molecule has 8 heteroatoms. The van der Waals surface area contributed by atoms with Crippen molar-refractivity contribution >= 4 is 11.9 Å². The van der Waals surface area contributed by atoms with Crippen molar-refractivity contribution in [2.24, 2.45) is 0 Å². The molecule has 1 amide bonds. The van der Waals surface area contributed by atoms with Gasteiger partial charge in [0.15, 0.2) is 23.0 Å². The van der Waals surface area contributed by atoms with Crippen LogP contribution in [0.5, 0.6) is 23.0 Å². The second kappa shape index (κ2) is 8.11. The Balaban J connectivity index is 2.08. The Morgan fingerprint density at radius 1 is 0.923 bits per heavy atom. The van der Waals surface area contributed by atoms with Crippen LogP contribution in [0.25, 0.3) is 0 Å². The van der Waals surface area contributed by atoms with Crippen LogP contribution in [0.1, 0.15) is 11.1 Å². The second-order valence-electron chi connectivity index (χ2n) is 5.67. The van der Waals surface area contributed by atoms with E-state index in [9.17, 15) is 30.0 Å². The number of methoxy groups -OCH3 is 1. The first-order valence-corrected chi connectivity index (χ1v) is 7.69. The van der Waals surface area contributed by atoms with E-state index in [2.05, 4.69) is 10.1 Å². The van der Waals surface area contributed by atoms with Crippen LogP contribution in [0.15, 0.2) is 36.4 Å². The molecule has 0 radical (unpaired) electrons. The van der Waals surface area contributed by atoms with Crippen LogP contribution in [-0.4, -0.2) is 45.5 Å². The number of nitrogens with one attached hydrogen (secondary N) is 1. The van der Waals surface area contributed by atoms with E-state index in [4.69, 9.17) is 0 Å². The van der Waals surface area contributed by atoms with E-state index in [1.807, 2.05) is 0 Å². The van der Waals surface area contributed by atoms with Crippen LogP contribution in [0.3, 0.4) is 0 Å². The van der Waals surface area contributed by atoms with Gasteiger partial charge in [-0.05, 0) is 35.4 Å². The highest BCUT2D eigenvalue weighted by Crippen LogP contribution is 2.26. The summed E-state index contributed by atoms with van der Waals surface area (Å²) in [5, 5.41) is 40.2. The van der Waals surface area contributed by atoms with Crippen LogP contribution < -0.4 is 5.32 Å². The lowest BCUT2D eigenvalue weighted by molar-refractivity contribution is -0.145.